The van der Waals surface area contributed by atoms with Gasteiger partial charge in [0.1, 0.15) is 0 Å². The Morgan fingerprint density at radius 2 is 1.81 bits per heavy atom. The van der Waals surface area contributed by atoms with Gasteiger partial charge in [0, 0.05) is 18.8 Å². The van der Waals surface area contributed by atoms with Gasteiger partial charge in [-0.05, 0) is 48.2 Å². The molecule has 2 aromatic rings. The van der Waals surface area contributed by atoms with E-state index >= 15 is 0 Å². The Morgan fingerprint density at radius 1 is 1.08 bits per heavy atom. The summed E-state index contributed by atoms with van der Waals surface area (Å²) in [4.78, 5) is 12.5. The minimum absolute atomic E-state index is 0.0824. The lowest BCUT2D eigenvalue weighted by Gasteiger charge is -2.25. The Balaban J connectivity index is 1.42. The van der Waals surface area contributed by atoms with Crippen LogP contribution in [0.4, 0.5) is 11.4 Å². The number of nitrogens with zero attached hydrogens (tertiary/aromatic N) is 1. The van der Waals surface area contributed by atoms with Gasteiger partial charge in [0.2, 0.25) is 15.9 Å². The van der Waals surface area contributed by atoms with Crippen molar-refractivity contribution in [3.63, 3.8) is 0 Å². The van der Waals surface area contributed by atoms with E-state index in [0.29, 0.717) is 37.3 Å². The molecule has 0 bridgehead atoms. The largest absolute Gasteiger partial charge is 0.325 e. The molecule has 1 unspecified atom stereocenters. The highest BCUT2D eigenvalue weighted by Crippen LogP contribution is 2.25. The molecule has 0 aromatic heterocycles. The second-order valence-corrected chi connectivity index (χ2v) is 8.70. The zero-order valence-corrected chi connectivity index (χ0v) is 15.1. The smallest absolute Gasteiger partial charge is 0.241 e. The summed E-state index contributed by atoms with van der Waals surface area (Å²) < 4.78 is 25.4. The van der Waals surface area contributed by atoms with Crippen molar-refractivity contribution in [2.75, 3.05) is 21.9 Å². The second kappa shape index (κ2) is 6.74. The van der Waals surface area contributed by atoms with Crippen LogP contribution in [0.1, 0.15) is 17.5 Å². The van der Waals surface area contributed by atoms with Crippen LogP contribution in [-0.4, -0.2) is 32.7 Å². The van der Waals surface area contributed by atoms with Crippen molar-refractivity contribution in [2.45, 2.75) is 25.4 Å². The average Bonchev–Trinajstić information content (AvgIpc) is 3.01. The number of hydrogen-bond donors (Lipinski definition) is 2. The van der Waals surface area contributed by atoms with Crippen LogP contribution >= 0.6 is 0 Å². The quantitative estimate of drug-likeness (QED) is 0.864. The summed E-state index contributed by atoms with van der Waals surface area (Å²) in [5, 5.41) is 6.17. The second-order valence-electron chi connectivity index (χ2n) is 6.68. The van der Waals surface area contributed by atoms with Crippen molar-refractivity contribution >= 4 is 27.3 Å². The number of amides is 1. The molecule has 7 heteroatoms. The van der Waals surface area contributed by atoms with E-state index < -0.39 is 10.0 Å². The Kier molecular flexibility index (Phi) is 4.42. The first kappa shape index (κ1) is 17.1. The summed E-state index contributed by atoms with van der Waals surface area (Å²) in [5.74, 6) is 0.112. The zero-order valence-electron chi connectivity index (χ0n) is 14.3. The first-order chi connectivity index (χ1) is 12.5. The van der Waals surface area contributed by atoms with Crippen LogP contribution in [-0.2, 0) is 27.8 Å². The number of nitrogens with one attached hydrogen (secondary N) is 2. The summed E-state index contributed by atoms with van der Waals surface area (Å²) in [6, 6.07) is 14.8. The third-order valence-electron chi connectivity index (χ3n) is 4.92. The Hall–Kier alpha value is -2.38. The van der Waals surface area contributed by atoms with Crippen LogP contribution in [0, 0.1) is 0 Å². The van der Waals surface area contributed by atoms with Gasteiger partial charge in [0.05, 0.1) is 17.5 Å². The molecular weight excluding hydrogens is 350 g/mol. The molecular formula is C19H21N3O3S. The van der Waals surface area contributed by atoms with Gasteiger partial charge < -0.3 is 10.6 Å². The zero-order chi connectivity index (χ0) is 18.1. The first-order valence-electron chi connectivity index (χ1n) is 8.74. The average molecular weight is 371 g/mol. The topological polar surface area (TPSA) is 78.5 Å². The fourth-order valence-corrected chi connectivity index (χ4v) is 5.07. The van der Waals surface area contributed by atoms with E-state index in [1.165, 1.54) is 15.4 Å². The molecule has 1 saturated heterocycles. The van der Waals surface area contributed by atoms with Crippen molar-refractivity contribution in [2.24, 2.45) is 0 Å². The number of rotatable bonds is 3. The molecule has 1 atom stereocenters. The van der Waals surface area contributed by atoms with Crippen molar-refractivity contribution in [3.05, 3.63) is 59.7 Å². The van der Waals surface area contributed by atoms with Crippen LogP contribution in [0.5, 0.6) is 0 Å². The standard InChI is InChI=1S/C19H21N3O3S/c23-19(18-12-14-4-1-2-5-15(14)13-20-18)21-16-6-8-17(9-7-16)22-10-3-11-26(22,24)25/h1-2,4-9,18,20H,3,10-13H2,(H,21,23). The molecule has 2 heterocycles. The van der Waals surface area contributed by atoms with E-state index in [2.05, 4.69) is 22.8 Å². The van der Waals surface area contributed by atoms with E-state index in [1.807, 2.05) is 12.1 Å². The number of carbonyl (C=O) groups is 1. The van der Waals surface area contributed by atoms with Gasteiger partial charge in [-0.2, -0.15) is 0 Å². The fraction of sp³-hybridized carbons (Fsp3) is 0.316. The predicted octanol–water partition coefficient (Wildman–Crippen LogP) is 1.88. The van der Waals surface area contributed by atoms with E-state index in [0.717, 1.165) is 0 Å². The number of fused-ring (bicyclic) bond motifs is 1. The van der Waals surface area contributed by atoms with Gasteiger partial charge in [-0.25, -0.2) is 8.42 Å². The Bertz CT molecular complexity index is 925. The predicted molar refractivity (Wildman–Crippen MR) is 102 cm³/mol. The van der Waals surface area contributed by atoms with Crippen molar-refractivity contribution < 1.29 is 13.2 Å². The monoisotopic (exact) mass is 371 g/mol. The Morgan fingerprint density at radius 3 is 2.50 bits per heavy atom. The van der Waals surface area contributed by atoms with Gasteiger partial charge in [-0.1, -0.05) is 24.3 Å². The summed E-state index contributed by atoms with van der Waals surface area (Å²) >= 11 is 0. The SMILES string of the molecule is O=C(Nc1ccc(N2CCCS2(=O)=O)cc1)C1Cc2ccccc2CN1. The normalized spacial score (nSPS) is 21.2. The molecule has 0 spiro atoms. The van der Waals surface area contributed by atoms with Crippen LogP contribution in [0.3, 0.4) is 0 Å². The number of hydrogen-bond acceptors (Lipinski definition) is 4. The molecule has 2 aliphatic heterocycles. The van der Waals surface area contributed by atoms with E-state index in [4.69, 9.17) is 0 Å². The molecule has 136 valence electrons. The third-order valence-corrected chi connectivity index (χ3v) is 6.79. The lowest BCUT2D eigenvalue weighted by molar-refractivity contribution is -0.118. The summed E-state index contributed by atoms with van der Waals surface area (Å²) in [6.07, 6.45) is 1.31. The van der Waals surface area contributed by atoms with Crippen LogP contribution in [0.25, 0.3) is 0 Å². The van der Waals surface area contributed by atoms with Crippen LogP contribution in [0.2, 0.25) is 0 Å². The minimum atomic E-state index is -3.19. The van der Waals surface area contributed by atoms with Gasteiger partial charge >= 0.3 is 0 Å². The van der Waals surface area contributed by atoms with E-state index in [1.54, 1.807) is 24.3 Å². The third kappa shape index (κ3) is 3.32. The molecule has 0 radical (unpaired) electrons. The molecule has 26 heavy (non-hydrogen) atoms. The maximum Gasteiger partial charge on any atom is 0.241 e. The van der Waals surface area contributed by atoms with Crippen molar-refractivity contribution in [3.8, 4) is 0 Å². The summed E-state index contributed by atoms with van der Waals surface area (Å²) in [7, 11) is -3.19. The molecule has 6 nitrogen and oxygen atoms in total. The molecule has 4 rings (SSSR count). The molecule has 1 amide bonds. The van der Waals surface area contributed by atoms with E-state index in [9.17, 15) is 13.2 Å². The lowest BCUT2D eigenvalue weighted by atomic mass is 9.95. The van der Waals surface area contributed by atoms with Gasteiger partial charge in [0.25, 0.3) is 0 Å². The Labute approximate surface area is 153 Å². The van der Waals surface area contributed by atoms with Gasteiger partial charge in [-0.15, -0.1) is 0 Å². The fourth-order valence-electron chi connectivity index (χ4n) is 3.51. The van der Waals surface area contributed by atoms with E-state index in [-0.39, 0.29) is 17.7 Å². The maximum absolute atomic E-state index is 12.5. The van der Waals surface area contributed by atoms with Crippen LogP contribution in [0.15, 0.2) is 48.5 Å². The molecule has 0 saturated carbocycles. The highest BCUT2D eigenvalue weighted by molar-refractivity contribution is 7.93. The lowest BCUT2D eigenvalue weighted by Crippen LogP contribution is -2.44. The highest BCUT2D eigenvalue weighted by atomic mass is 32.2. The number of carbonyl (C=O) groups excluding carboxylic acids is 1. The summed E-state index contributed by atoms with van der Waals surface area (Å²) in [5.41, 5.74) is 3.73. The molecule has 0 aliphatic carbocycles. The molecule has 2 N–H and O–H groups in total. The number of sulfonamides is 1. The van der Waals surface area contributed by atoms with Gasteiger partial charge in [0.15, 0.2) is 0 Å². The van der Waals surface area contributed by atoms with Crippen molar-refractivity contribution in [1.82, 2.24) is 5.32 Å². The first-order valence-corrected chi connectivity index (χ1v) is 10.4. The summed E-state index contributed by atoms with van der Waals surface area (Å²) in [6.45, 7) is 1.19. The highest BCUT2D eigenvalue weighted by Gasteiger charge is 2.28. The van der Waals surface area contributed by atoms with Gasteiger partial charge in [-0.3, -0.25) is 9.10 Å². The maximum atomic E-state index is 12.5. The molecule has 2 aromatic carbocycles. The van der Waals surface area contributed by atoms with Crippen LogP contribution < -0.4 is 14.9 Å². The minimum Gasteiger partial charge on any atom is -0.325 e. The molecule has 1 fully saturated rings. The van der Waals surface area contributed by atoms with Crippen molar-refractivity contribution in [1.29, 1.82) is 0 Å². The number of anilines is 2. The number of benzene rings is 2. The molecule has 2 aliphatic rings.